The van der Waals surface area contributed by atoms with Gasteiger partial charge in [-0.05, 0) is 18.2 Å². The summed E-state index contributed by atoms with van der Waals surface area (Å²) < 4.78 is 4.47. The lowest BCUT2D eigenvalue weighted by molar-refractivity contribution is 0.0601. The maximum Gasteiger partial charge on any atom is 0.337 e. The molecule has 1 rings (SSSR count). The van der Waals surface area contributed by atoms with E-state index in [1.165, 1.54) is 13.2 Å². The fourth-order valence-corrected chi connectivity index (χ4v) is 0.768. The standard InChI is InChI=1S/C8H6ClO2/c1-11-8(10)6-2-4-7(9)5-3-6/h2-4H,1H3. The molecule has 0 spiro atoms. The highest BCUT2D eigenvalue weighted by atomic mass is 35.5. The zero-order valence-corrected chi connectivity index (χ0v) is 6.68. The van der Waals surface area contributed by atoms with E-state index in [1.54, 1.807) is 12.1 Å². The maximum atomic E-state index is 10.8. The van der Waals surface area contributed by atoms with Crippen molar-refractivity contribution in [3.05, 3.63) is 34.9 Å². The molecule has 1 aromatic rings. The third kappa shape index (κ3) is 1.95. The van der Waals surface area contributed by atoms with Crippen LogP contribution in [0.1, 0.15) is 10.4 Å². The van der Waals surface area contributed by atoms with E-state index in [0.717, 1.165) is 0 Å². The molecule has 0 heterocycles. The fraction of sp³-hybridized carbons (Fsp3) is 0.125. The Balaban J connectivity index is 2.90. The summed E-state index contributed by atoms with van der Waals surface area (Å²) in [6.07, 6.45) is 0. The maximum absolute atomic E-state index is 10.8. The molecule has 1 radical (unpaired) electrons. The third-order valence-electron chi connectivity index (χ3n) is 1.20. The van der Waals surface area contributed by atoms with E-state index < -0.39 is 0 Å². The highest BCUT2D eigenvalue weighted by Gasteiger charge is 2.02. The number of methoxy groups -OCH3 is 1. The van der Waals surface area contributed by atoms with Crippen molar-refractivity contribution < 1.29 is 9.53 Å². The van der Waals surface area contributed by atoms with E-state index in [2.05, 4.69) is 10.8 Å². The first kappa shape index (κ1) is 8.08. The lowest BCUT2D eigenvalue weighted by Crippen LogP contribution is -1.99. The molecule has 0 atom stereocenters. The first-order valence-corrected chi connectivity index (χ1v) is 3.37. The van der Waals surface area contributed by atoms with Crippen molar-refractivity contribution in [3.8, 4) is 0 Å². The molecule has 0 amide bonds. The molecule has 0 aliphatic carbocycles. The van der Waals surface area contributed by atoms with Crippen LogP contribution >= 0.6 is 11.6 Å². The molecule has 0 saturated carbocycles. The van der Waals surface area contributed by atoms with Crippen LogP contribution in [0.3, 0.4) is 0 Å². The monoisotopic (exact) mass is 169 g/mol. The quantitative estimate of drug-likeness (QED) is 0.601. The number of hydrogen-bond acceptors (Lipinski definition) is 2. The van der Waals surface area contributed by atoms with Crippen LogP contribution in [0.15, 0.2) is 18.2 Å². The Hall–Kier alpha value is -1.02. The molecule has 0 N–H and O–H groups in total. The Morgan fingerprint density at radius 2 is 2.36 bits per heavy atom. The normalized spacial score (nSPS) is 9.27. The zero-order chi connectivity index (χ0) is 8.27. The number of carbonyl (C=O) groups is 1. The molecular formula is C8H6ClO2. The molecular weight excluding hydrogens is 164 g/mol. The lowest BCUT2D eigenvalue weighted by atomic mass is 10.2. The van der Waals surface area contributed by atoms with Crippen LogP contribution in [0.5, 0.6) is 0 Å². The number of esters is 1. The molecule has 1 aromatic carbocycles. The van der Waals surface area contributed by atoms with E-state index in [-0.39, 0.29) is 5.97 Å². The fourth-order valence-electron chi connectivity index (χ4n) is 0.651. The van der Waals surface area contributed by atoms with E-state index in [4.69, 9.17) is 11.6 Å². The van der Waals surface area contributed by atoms with Gasteiger partial charge in [0.25, 0.3) is 0 Å². The first-order chi connectivity index (χ1) is 5.24. The number of ether oxygens (including phenoxy) is 1. The van der Waals surface area contributed by atoms with Gasteiger partial charge in [-0.25, -0.2) is 4.79 Å². The summed E-state index contributed by atoms with van der Waals surface area (Å²) in [6, 6.07) is 7.35. The number of halogens is 1. The summed E-state index contributed by atoms with van der Waals surface area (Å²) in [5, 5.41) is 0.484. The van der Waals surface area contributed by atoms with Gasteiger partial charge < -0.3 is 4.74 Å². The van der Waals surface area contributed by atoms with Crippen molar-refractivity contribution >= 4 is 17.6 Å². The average Bonchev–Trinajstić information content (AvgIpc) is 2.05. The molecule has 0 aliphatic heterocycles. The molecule has 0 aromatic heterocycles. The van der Waals surface area contributed by atoms with Crippen molar-refractivity contribution in [2.24, 2.45) is 0 Å². The predicted octanol–water partition coefficient (Wildman–Crippen LogP) is 1.93. The number of hydrogen-bond donors (Lipinski definition) is 0. The molecule has 0 unspecified atom stereocenters. The molecule has 0 fully saturated rings. The third-order valence-corrected chi connectivity index (χ3v) is 1.43. The van der Waals surface area contributed by atoms with Crippen molar-refractivity contribution in [2.75, 3.05) is 7.11 Å². The van der Waals surface area contributed by atoms with Crippen molar-refractivity contribution in [1.82, 2.24) is 0 Å². The first-order valence-electron chi connectivity index (χ1n) is 2.99. The summed E-state index contributed by atoms with van der Waals surface area (Å²) in [5.74, 6) is -0.377. The predicted molar refractivity (Wildman–Crippen MR) is 41.6 cm³/mol. The average molecular weight is 170 g/mol. The molecule has 0 aliphatic rings. The summed E-state index contributed by atoms with van der Waals surface area (Å²) in [6.45, 7) is 0. The Bertz CT molecular complexity index is 253. The summed E-state index contributed by atoms with van der Waals surface area (Å²) in [7, 11) is 1.33. The van der Waals surface area contributed by atoms with Crippen LogP contribution in [0.25, 0.3) is 0 Å². The molecule has 57 valence electrons. The van der Waals surface area contributed by atoms with Gasteiger partial charge in [0.05, 0.1) is 12.7 Å². The molecule has 2 nitrogen and oxygen atoms in total. The van der Waals surface area contributed by atoms with Gasteiger partial charge in [0.1, 0.15) is 0 Å². The van der Waals surface area contributed by atoms with Crippen molar-refractivity contribution in [3.63, 3.8) is 0 Å². The smallest absolute Gasteiger partial charge is 0.337 e. The van der Waals surface area contributed by atoms with Crippen LogP contribution < -0.4 is 0 Å². The van der Waals surface area contributed by atoms with Gasteiger partial charge >= 0.3 is 5.97 Å². The highest BCUT2D eigenvalue weighted by Crippen LogP contribution is 2.08. The highest BCUT2D eigenvalue weighted by molar-refractivity contribution is 6.30. The molecule has 11 heavy (non-hydrogen) atoms. The molecule has 0 saturated heterocycles. The Morgan fingerprint density at radius 1 is 1.64 bits per heavy atom. The van der Waals surface area contributed by atoms with E-state index in [1.807, 2.05) is 0 Å². The number of rotatable bonds is 1. The SMILES string of the molecule is COC(=O)c1c[c]c(Cl)cc1. The lowest BCUT2D eigenvalue weighted by Gasteiger charge is -1.96. The second-order valence-corrected chi connectivity index (χ2v) is 2.32. The van der Waals surface area contributed by atoms with Crippen molar-refractivity contribution in [2.45, 2.75) is 0 Å². The minimum Gasteiger partial charge on any atom is -0.465 e. The van der Waals surface area contributed by atoms with Gasteiger partial charge in [0.2, 0.25) is 0 Å². The topological polar surface area (TPSA) is 26.3 Å². The van der Waals surface area contributed by atoms with E-state index in [0.29, 0.717) is 10.6 Å². The van der Waals surface area contributed by atoms with Gasteiger partial charge in [-0.1, -0.05) is 11.6 Å². The molecule has 3 heteroatoms. The van der Waals surface area contributed by atoms with Gasteiger partial charge in [-0.15, -0.1) is 0 Å². The van der Waals surface area contributed by atoms with E-state index >= 15 is 0 Å². The zero-order valence-electron chi connectivity index (χ0n) is 5.93. The van der Waals surface area contributed by atoms with Crippen LogP contribution in [0, 0.1) is 6.07 Å². The number of carbonyl (C=O) groups excluding carboxylic acids is 1. The Labute approximate surface area is 69.7 Å². The summed E-state index contributed by atoms with van der Waals surface area (Å²) in [4.78, 5) is 10.8. The van der Waals surface area contributed by atoms with Crippen LogP contribution in [-0.2, 0) is 4.74 Å². The minimum absolute atomic E-state index is 0.377. The van der Waals surface area contributed by atoms with Crippen LogP contribution in [0.2, 0.25) is 5.02 Å². The van der Waals surface area contributed by atoms with Crippen LogP contribution in [0.4, 0.5) is 0 Å². The van der Waals surface area contributed by atoms with Crippen LogP contribution in [-0.4, -0.2) is 13.1 Å². The van der Waals surface area contributed by atoms with Gasteiger partial charge in [0.15, 0.2) is 0 Å². The Kier molecular flexibility index (Phi) is 2.49. The summed E-state index contributed by atoms with van der Waals surface area (Å²) in [5.41, 5.74) is 0.455. The van der Waals surface area contributed by atoms with Crippen molar-refractivity contribution in [1.29, 1.82) is 0 Å². The minimum atomic E-state index is -0.377. The number of benzene rings is 1. The largest absolute Gasteiger partial charge is 0.465 e. The summed E-state index contributed by atoms with van der Waals surface area (Å²) >= 11 is 5.55. The molecule has 0 bridgehead atoms. The van der Waals surface area contributed by atoms with Gasteiger partial charge in [0, 0.05) is 11.1 Å². The second-order valence-electron chi connectivity index (χ2n) is 1.92. The van der Waals surface area contributed by atoms with E-state index in [9.17, 15) is 4.79 Å². The van der Waals surface area contributed by atoms with Gasteiger partial charge in [-0.2, -0.15) is 0 Å². The second kappa shape index (κ2) is 3.39. The Morgan fingerprint density at radius 3 is 2.82 bits per heavy atom. The van der Waals surface area contributed by atoms with Gasteiger partial charge in [-0.3, -0.25) is 0 Å².